The smallest absolute Gasteiger partial charge is 0.352 e. The second kappa shape index (κ2) is 10.5. The Morgan fingerprint density at radius 3 is 1.37 bits per heavy atom. The molecular weight excluding hydrogens is 645 g/mol. The summed E-state index contributed by atoms with van der Waals surface area (Å²) in [5, 5.41) is 1.22. The Kier molecular flexibility index (Phi) is 9.28. The SMILES string of the molecule is O=C(NCCCC(F)(F)C(F)(F)C(F)(F)C(F)(F)C(F)(F)C(F)(F)C(F)(F)C(F)(F)F)c1cc(F)c(F)c(F)c1F. The number of alkyl halides is 17. The molecule has 0 saturated carbocycles. The summed E-state index contributed by atoms with van der Waals surface area (Å²) in [5.41, 5.74) is -1.69. The lowest BCUT2D eigenvalue weighted by Crippen LogP contribution is -2.74. The zero-order valence-corrected chi connectivity index (χ0v) is 18.5. The fourth-order valence-corrected chi connectivity index (χ4v) is 2.70. The maximum Gasteiger partial charge on any atom is 0.460 e. The Balaban J connectivity index is 3.22. The standard InChI is InChI=1S/C18H8F21NO/c19-6-4-5(7(20)9(22)8(6)21)10(41)40-3-1-2-11(23,24)12(25,26)13(27,28)14(29,30)15(31,32)16(33,34)17(35,36)18(37,38)39/h4H,1-3H2,(H,40,41). The first-order valence-corrected chi connectivity index (χ1v) is 9.71. The Hall–Kier alpha value is -2.78. The van der Waals surface area contributed by atoms with Crippen LogP contribution in [0.15, 0.2) is 6.07 Å². The average molecular weight is 653 g/mol. The number of hydrogen-bond donors (Lipinski definition) is 1. The summed E-state index contributed by atoms with van der Waals surface area (Å²) in [6, 6.07) is -0.313. The summed E-state index contributed by atoms with van der Waals surface area (Å²) in [4.78, 5) is 11.6. The molecule has 0 bridgehead atoms. The Morgan fingerprint density at radius 2 is 0.951 bits per heavy atom. The minimum Gasteiger partial charge on any atom is -0.352 e. The van der Waals surface area contributed by atoms with Crippen LogP contribution in [0, 0.1) is 23.3 Å². The molecule has 1 amide bonds. The molecule has 1 aromatic carbocycles. The number of halogens is 21. The summed E-state index contributed by atoms with van der Waals surface area (Å²) in [7, 11) is 0. The van der Waals surface area contributed by atoms with E-state index < -0.39 is 102 Å². The molecule has 1 N–H and O–H groups in total. The summed E-state index contributed by atoms with van der Waals surface area (Å²) in [5.74, 6) is -69.2. The van der Waals surface area contributed by atoms with Gasteiger partial charge in [0.15, 0.2) is 23.3 Å². The summed E-state index contributed by atoms with van der Waals surface area (Å²) in [6.07, 6.45) is -12.6. The number of carbonyl (C=O) groups is 1. The van der Waals surface area contributed by atoms with Gasteiger partial charge in [0.25, 0.3) is 5.91 Å². The maximum atomic E-state index is 13.8. The monoisotopic (exact) mass is 653 g/mol. The molecule has 0 radical (unpaired) electrons. The van der Waals surface area contributed by atoms with Crippen LogP contribution < -0.4 is 5.32 Å². The van der Waals surface area contributed by atoms with Crippen molar-refractivity contribution in [1.29, 1.82) is 0 Å². The molecule has 0 saturated heterocycles. The van der Waals surface area contributed by atoms with E-state index in [1.165, 1.54) is 5.32 Å². The molecule has 0 aliphatic rings. The van der Waals surface area contributed by atoms with Crippen molar-refractivity contribution in [2.45, 2.75) is 60.5 Å². The molecule has 0 aliphatic heterocycles. The van der Waals surface area contributed by atoms with Crippen LogP contribution >= 0.6 is 0 Å². The van der Waals surface area contributed by atoms with E-state index in [-0.39, 0.29) is 6.07 Å². The number of hydrogen-bond acceptors (Lipinski definition) is 1. The van der Waals surface area contributed by atoms with Gasteiger partial charge in [-0.1, -0.05) is 0 Å². The van der Waals surface area contributed by atoms with Crippen molar-refractivity contribution in [3.8, 4) is 0 Å². The summed E-state index contributed by atoms with van der Waals surface area (Å²) in [6.45, 7) is -1.54. The molecule has 238 valence electrons. The van der Waals surface area contributed by atoms with E-state index in [1.807, 2.05) is 0 Å². The molecule has 1 rings (SSSR count). The molecule has 2 nitrogen and oxygen atoms in total. The highest BCUT2D eigenvalue weighted by Crippen LogP contribution is 2.64. The molecule has 0 unspecified atom stereocenters. The van der Waals surface area contributed by atoms with Gasteiger partial charge < -0.3 is 5.32 Å². The van der Waals surface area contributed by atoms with Crippen molar-refractivity contribution in [2.75, 3.05) is 6.54 Å². The number of benzene rings is 1. The van der Waals surface area contributed by atoms with Gasteiger partial charge in [-0.05, 0) is 12.5 Å². The van der Waals surface area contributed by atoms with E-state index in [0.717, 1.165) is 0 Å². The number of amides is 1. The Labute approximate surface area is 211 Å². The first kappa shape index (κ1) is 36.2. The molecule has 23 heteroatoms. The van der Waals surface area contributed by atoms with Crippen molar-refractivity contribution in [1.82, 2.24) is 5.32 Å². The third-order valence-electron chi connectivity index (χ3n) is 5.09. The third kappa shape index (κ3) is 5.43. The van der Waals surface area contributed by atoms with E-state index in [9.17, 15) is 97.0 Å². The van der Waals surface area contributed by atoms with Gasteiger partial charge in [0.1, 0.15) is 0 Å². The summed E-state index contributed by atoms with van der Waals surface area (Å²) < 4.78 is 277. The molecule has 0 fully saturated rings. The Bertz CT molecular complexity index is 1140. The van der Waals surface area contributed by atoms with E-state index >= 15 is 0 Å². The number of carbonyl (C=O) groups excluding carboxylic acids is 1. The number of nitrogens with one attached hydrogen (secondary N) is 1. The highest BCUT2D eigenvalue weighted by Gasteiger charge is 2.95. The van der Waals surface area contributed by atoms with Gasteiger partial charge in [0.2, 0.25) is 0 Å². The second-order valence-electron chi connectivity index (χ2n) is 7.86. The van der Waals surface area contributed by atoms with Gasteiger partial charge in [-0.2, -0.15) is 74.6 Å². The van der Waals surface area contributed by atoms with Crippen LogP contribution in [0.5, 0.6) is 0 Å². The van der Waals surface area contributed by atoms with E-state index in [1.54, 1.807) is 0 Å². The van der Waals surface area contributed by atoms with Crippen LogP contribution in [-0.4, -0.2) is 60.1 Å². The zero-order valence-electron chi connectivity index (χ0n) is 18.5. The molecule has 1 aromatic rings. The highest BCUT2D eigenvalue weighted by molar-refractivity contribution is 5.94. The lowest BCUT2D eigenvalue weighted by atomic mass is 9.88. The van der Waals surface area contributed by atoms with Crippen molar-refractivity contribution in [3.63, 3.8) is 0 Å². The molecule has 0 aromatic heterocycles. The van der Waals surface area contributed by atoms with Crippen LogP contribution in [-0.2, 0) is 0 Å². The molecular formula is C18H8F21NO. The lowest BCUT2D eigenvalue weighted by Gasteiger charge is -2.42. The van der Waals surface area contributed by atoms with Crippen molar-refractivity contribution >= 4 is 5.91 Å². The molecule has 0 atom stereocenters. The predicted molar refractivity (Wildman–Crippen MR) is 88.5 cm³/mol. The third-order valence-corrected chi connectivity index (χ3v) is 5.09. The quantitative estimate of drug-likeness (QED) is 0.113. The van der Waals surface area contributed by atoms with Gasteiger partial charge in [0, 0.05) is 13.0 Å². The topological polar surface area (TPSA) is 29.1 Å². The first-order chi connectivity index (χ1) is 17.9. The van der Waals surface area contributed by atoms with Gasteiger partial charge in [-0.25, -0.2) is 17.6 Å². The minimum absolute atomic E-state index is 0.313. The van der Waals surface area contributed by atoms with Crippen LogP contribution in [0.3, 0.4) is 0 Å². The van der Waals surface area contributed by atoms with Gasteiger partial charge >= 0.3 is 47.6 Å². The average Bonchev–Trinajstić information content (AvgIpc) is 2.81. The molecule has 0 spiro atoms. The second-order valence-corrected chi connectivity index (χ2v) is 7.86. The Morgan fingerprint density at radius 1 is 0.561 bits per heavy atom. The van der Waals surface area contributed by atoms with Crippen molar-refractivity contribution in [3.05, 3.63) is 34.9 Å². The maximum absolute atomic E-state index is 13.8. The van der Waals surface area contributed by atoms with E-state index in [4.69, 9.17) is 0 Å². The summed E-state index contributed by atoms with van der Waals surface area (Å²) >= 11 is 0. The van der Waals surface area contributed by atoms with Crippen LogP contribution in [0.4, 0.5) is 92.2 Å². The first-order valence-electron chi connectivity index (χ1n) is 9.71. The molecule has 0 aliphatic carbocycles. The van der Waals surface area contributed by atoms with Gasteiger partial charge in [-0.15, -0.1) is 0 Å². The van der Waals surface area contributed by atoms with Crippen LogP contribution in [0.1, 0.15) is 23.2 Å². The largest absolute Gasteiger partial charge is 0.460 e. The molecule has 41 heavy (non-hydrogen) atoms. The van der Waals surface area contributed by atoms with E-state index in [2.05, 4.69) is 0 Å². The highest BCUT2D eigenvalue weighted by atomic mass is 19.4. The normalized spacial score (nSPS) is 14.9. The zero-order chi connectivity index (χ0) is 33.0. The van der Waals surface area contributed by atoms with Crippen molar-refractivity contribution in [2.24, 2.45) is 0 Å². The fraction of sp³-hybridized carbons (Fsp3) is 0.611. The van der Waals surface area contributed by atoms with E-state index in [0.29, 0.717) is 0 Å². The fourth-order valence-electron chi connectivity index (χ4n) is 2.70. The van der Waals surface area contributed by atoms with Gasteiger partial charge in [0.05, 0.1) is 5.56 Å². The van der Waals surface area contributed by atoms with Crippen LogP contribution in [0.25, 0.3) is 0 Å². The minimum atomic E-state index is -8.78. The lowest BCUT2D eigenvalue weighted by molar-refractivity contribution is -0.461. The van der Waals surface area contributed by atoms with Gasteiger partial charge in [-0.3, -0.25) is 4.79 Å². The molecule has 0 heterocycles. The van der Waals surface area contributed by atoms with Crippen molar-refractivity contribution < 1.29 is 97.0 Å². The number of rotatable bonds is 11. The van der Waals surface area contributed by atoms with Crippen LogP contribution in [0.2, 0.25) is 0 Å². The predicted octanol–water partition coefficient (Wildman–Crippen LogP) is 7.76.